The van der Waals surface area contributed by atoms with Gasteiger partial charge in [-0.1, -0.05) is 12.1 Å². The van der Waals surface area contributed by atoms with E-state index in [1.54, 1.807) is 0 Å². The number of benzene rings is 1. The van der Waals surface area contributed by atoms with Gasteiger partial charge in [-0.05, 0) is 42.8 Å². The van der Waals surface area contributed by atoms with E-state index in [0.29, 0.717) is 5.92 Å². The lowest BCUT2D eigenvalue weighted by Gasteiger charge is -2.16. The van der Waals surface area contributed by atoms with E-state index < -0.39 is 0 Å². The van der Waals surface area contributed by atoms with Crippen LogP contribution in [0.2, 0.25) is 0 Å². The molecule has 4 heteroatoms. The van der Waals surface area contributed by atoms with Crippen molar-refractivity contribution in [1.82, 2.24) is 20.1 Å². The molecule has 1 atom stereocenters. The van der Waals surface area contributed by atoms with Crippen LogP contribution in [0.5, 0.6) is 0 Å². The second-order valence-electron chi connectivity index (χ2n) is 5.76. The van der Waals surface area contributed by atoms with Crippen molar-refractivity contribution in [2.45, 2.75) is 18.9 Å². The van der Waals surface area contributed by atoms with Crippen LogP contribution in [-0.2, 0) is 6.54 Å². The lowest BCUT2D eigenvalue weighted by molar-refractivity contribution is 0.326. The normalized spacial score (nSPS) is 19.3. The van der Waals surface area contributed by atoms with Gasteiger partial charge in [0.1, 0.15) is 0 Å². The molecule has 3 aromatic rings. The molecule has 1 aromatic carbocycles. The number of hydrogen-bond acceptors (Lipinski definition) is 3. The van der Waals surface area contributed by atoms with Crippen molar-refractivity contribution in [2.24, 2.45) is 0 Å². The number of likely N-dealkylation sites (tertiary alicyclic amines) is 1. The molecule has 0 bridgehead atoms. The summed E-state index contributed by atoms with van der Waals surface area (Å²) in [6.45, 7) is 3.26. The van der Waals surface area contributed by atoms with Crippen LogP contribution < -0.4 is 0 Å². The van der Waals surface area contributed by atoms with Gasteiger partial charge in [-0.3, -0.25) is 15.0 Å². The predicted octanol–water partition coefficient (Wildman–Crippen LogP) is 2.95. The van der Waals surface area contributed by atoms with Crippen LogP contribution >= 0.6 is 0 Å². The van der Waals surface area contributed by atoms with E-state index in [9.17, 15) is 0 Å². The van der Waals surface area contributed by atoms with E-state index in [-0.39, 0.29) is 0 Å². The van der Waals surface area contributed by atoms with Crippen LogP contribution in [0.1, 0.15) is 23.6 Å². The molecule has 1 saturated heterocycles. The minimum Gasteiger partial charge on any atom is -0.298 e. The summed E-state index contributed by atoms with van der Waals surface area (Å²) in [5, 5.41) is 8.38. The summed E-state index contributed by atoms with van der Waals surface area (Å²) in [6, 6.07) is 12.8. The molecule has 1 aliphatic rings. The molecule has 0 amide bonds. The third kappa shape index (κ3) is 2.54. The van der Waals surface area contributed by atoms with Gasteiger partial charge >= 0.3 is 0 Å². The third-order valence-corrected chi connectivity index (χ3v) is 4.31. The molecule has 1 aliphatic heterocycles. The highest BCUT2D eigenvalue weighted by molar-refractivity contribution is 5.78. The Kier molecular flexibility index (Phi) is 3.16. The molecule has 106 valence electrons. The molecule has 0 unspecified atom stereocenters. The molecule has 1 N–H and O–H groups in total. The Morgan fingerprint density at radius 2 is 2.19 bits per heavy atom. The first-order chi connectivity index (χ1) is 10.4. The van der Waals surface area contributed by atoms with Crippen molar-refractivity contribution in [2.75, 3.05) is 13.1 Å². The fraction of sp³-hybridized carbons (Fsp3) is 0.294. The molecule has 3 heterocycles. The maximum atomic E-state index is 4.38. The Hall–Kier alpha value is -2.20. The minimum atomic E-state index is 0.592. The van der Waals surface area contributed by atoms with Crippen LogP contribution in [0.4, 0.5) is 0 Å². The van der Waals surface area contributed by atoms with Crippen LogP contribution in [0.15, 0.2) is 48.8 Å². The van der Waals surface area contributed by atoms with Gasteiger partial charge in [0, 0.05) is 42.5 Å². The number of H-pyrrole nitrogens is 1. The largest absolute Gasteiger partial charge is 0.298 e. The first kappa shape index (κ1) is 12.5. The van der Waals surface area contributed by atoms with Crippen molar-refractivity contribution < 1.29 is 0 Å². The maximum Gasteiger partial charge on any atom is 0.0702 e. The smallest absolute Gasteiger partial charge is 0.0702 e. The number of rotatable bonds is 3. The zero-order valence-corrected chi connectivity index (χ0v) is 11.9. The highest BCUT2D eigenvalue weighted by atomic mass is 15.2. The number of nitrogens with zero attached hydrogens (tertiary/aromatic N) is 3. The molecule has 1 fully saturated rings. The fourth-order valence-corrected chi connectivity index (χ4v) is 3.21. The summed E-state index contributed by atoms with van der Waals surface area (Å²) < 4.78 is 0. The predicted molar refractivity (Wildman–Crippen MR) is 83.0 cm³/mol. The molecule has 21 heavy (non-hydrogen) atoms. The van der Waals surface area contributed by atoms with E-state index in [2.05, 4.69) is 50.4 Å². The van der Waals surface area contributed by atoms with Gasteiger partial charge in [0.2, 0.25) is 0 Å². The molecule has 0 aliphatic carbocycles. The lowest BCUT2D eigenvalue weighted by atomic mass is 10.1. The van der Waals surface area contributed by atoms with E-state index >= 15 is 0 Å². The number of hydrogen-bond donors (Lipinski definition) is 1. The van der Waals surface area contributed by atoms with Crippen molar-refractivity contribution in [3.63, 3.8) is 0 Å². The van der Waals surface area contributed by atoms with Gasteiger partial charge in [0.15, 0.2) is 0 Å². The summed E-state index contributed by atoms with van der Waals surface area (Å²) in [5.74, 6) is 0.592. The van der Waals surface area contributed by atoms with Gasteiger partial charge in [-0.2, -0.15) is 5.10 Å². The maximum absolute atomic E-state index is 4.38. The number of aromatic amines is 1. The summed E-state index contributed by atoms with van der Waals surface area (Å²) in [4.78, 5) is 6.89. The summed E-state index contributed by atoms with van der Waals surface area (Å²) in [6.07, 6.45) is 4.89. The Bertz CT molecular complexity index is 735. The van der Waals surface area contributed by atoms with Crippen LogP contribution in [0.3, 0.4) is 0 Å². The standard InChI is InChI=1S/C17H18N4/c1-2-14-10-13(3-4-16(14)18-7-1)11-21-9-6-15(12-21)17-5-8-19-20-17/h1-5,7-8,10,15H,6,9,11-12H2,(H,19,20)/t15-/m1/s1. The molecule has 0 spiro atoms. The second-order valence-corrected chi connectivity index (χ2v) is 5.76. The Labute approximate surface area is 123 Å². The zero-order valence-electron chi connectivity index (χ0n) is 11.9. The molecule has 0 saturated carbocycles. The van der Waals surface area contributed by atoms with Crippen molar-refractivity contribution >= 4 is 10.9 Å². The Morgan fingerprint density at radius 3 is 3.10 bits per heavy atom. The number of nitrogens with one attached hydrogen (secondary N) is 1. The summed E-state index contributed by atoms with van der Waals surface area (Å²) >= 11 is 0. The molecular formula is C17H18N4. The van der Waals surface area contributed by atoms with E-state index in [4.69, 9.17) is 0 Å². The number of aromatic nitrogens is 3. The molecule has 4 nitrogen and oxygen atoms in total. The van der Waals surface area contributed by atoms with Crippen molar-refractivity contribution in [3.8, 4) is 0 Å². The first-order valence-electron chi connectivity index (χ1n) is 7.44. The van der Waals surface area contributed by atoms with Gasteiger partial charge in [0.05, 0.1) is 5.52 Å². The van der Waals surface area contributed by atoms with Gasteiger partial charge in [-0.15, -0.1) is 0 Å². The highest BCUT2D eigenvalue weighted by Crippen LogP contribution is 2.27. The van der Waals surface area contributed by atoms with Crippen LogP contribution in [-0.4, -0.2) is 33.2 Å². The molecular weight excluding hydrogens is 260 g/mol. The third-order valence-electron chi connectivity index (χ3n) is 4.31. The second kappa shape index (κ2) is 5.30. The quantitative estimate of drug-likeness (QED) is 0.801. The zero-order chi connectivity index (χ0) is 14.1. The first-order valence-corrected chi connectivity index (χ1v) is 7.44. The van der Waals surface area contributed by atoms with E-state index in [0.717, 1.165) is 25.2 Å². The van der Waals surface area contributed by atoms with Crippen molar-refractivity contribution in [3.05, 3.63) is 60.0 Å². The highest BCUT2D eigenvalue weighted by Gasteiger charge is 2.24. The monoisotopic (exact) mass is 278 g/mol. The van der Waals surface area contributed by atoms with Gasteiger partial charge in [0.25, 0.3) is 0 Å². The van der Waals surface area contributed by atoms with E-state index in [1.807, 2.05) is 18.5 Å². The number of fused-ring (bicyclic) bond motifs is 1. The fourth-order valence-electron chi connectivity index (χ4n) is 3.21. The Morgan fingerprint density at radius 1 is 1.19 bits per heavy atom. The van der Waals surface area contributed by atoms with Crippen LogP contribution in [0.25, 0.3) is 10.9 Å². The lowest BCUT2D eigenvalue weighted by Crippen LogP contribution is -2.19. The summed E-state index contributed by atoms with van der Waals surface area (Å²) in [5.41, 5.74) is 3.69. The number of pyridine rings is 1. The van der Waals surface area contributed by atoms with Crippen molar-refractivity contribution in [1.29, 1.82) is 0 Å². The van der Waals surface area contributed by atoms with Gasteiger partial charge in [-0.25, -0.2) is 0 Å². The SMILES string of the molecule is c1cnc2ccc(CN3CC[C@@H](c4ccn[nH]4)C3)cc2c1. The molecule has 4 rings (SSSR count). The van der Waals surface area contributed by atoms with Crippen LogP contribution in [0, 0.1) is 0 Å². The Balaban J connectivity index is 1.48. The summed E-state index contributed by atoms with van der Waals surface area (Å²) in [7, 11) is 0. The van der Waals surface area contributed by atoms with Gasteiger partial charge < -0.3 is 0 Å². The minimum absolute atomic E-state index is 0.592. The average Bonchev–Trinajstić information content (AvgIpc) is 3.18. The van der Waals surface area contributed by atoms with E-state index in [1.165, 1.54) is 23.1 Å². The molecule has 0 radical (unpaired) electrons. The average molecular weight is 278 g/mol. The molecule has 2 aromatic heterocycles. The topological polar surface area (TPSA) is 44.8 Å².